The van der Waals surface area contributed by atoms with Crippen LogP contribution in [0.5, 0.6) is 0 Å². The van der Waals surface area contributed by atoms with Gasteiger partial charge in [-0.05, 0) is 47.0 Å². The van der Waals surface area contributed by atoms with Gasteiger partial charge >= 0.3 is 24.2 Å². The second-order valence-electron chi connectivity index (χ2n) is 4.94. The Morgan fingerprint density at radius 3 is 1.67 bits per heavy atom. The lowest BCUT2D eigenvalue weighted by Crippen LogP contribution is -2.52. The topological polar surface area (TPSA) is 12.9 Å². The van der Waals surface area contributed by atoms with Gasteiger partial charge in [0.25, 0.3) is 0 Å². The third kappa shape index (κ3) is 3.47. The van der Waals surface area contributed by atoms with Crippen LogP contribution in [-0.4, -0.2) is 23.5 Å². The van der Waals surface area contributed by atoms with Gasteiger partial charge in [0.2, 0.25) is 0 Å². The predicted molar refractivity (Wildman–Crippen MR) is 66.0 cm³/mol. The Morgan fingerprint density at radius 1 is 0.917 bits per heavy atom. The molecule has 0 saturated heterocycles. The van der Waals surface area contributed by atoms with Gasteiger partial charge in [-0.25, -0.2) is 9.37 Å². The van der Waals surface area contributed by atoms with Gasteiger partial charge in [0.15, 0.2) is 0 Å². The highest BCUT2D eigenvalue weighted by atomic mass is 79.9. The maximum Gasteiger partial charge on any atom is 0.437 e. The molecule has 0 amide bonds. The number of hydrogen-bond acceptors (Lipinski definition) is 1. The summed E-state index contributed by atoms with van der Waals surface area (Å²) in [6.07, 6.45) is -18.3. The molecule has 138 valence electrons. The first-order valence-corrected chi connectivity index (χ1v) is 6.80. The molecular weight excluding hydrogens is 428 g/mol. The van der Waals surface area contributed by atoms with Crippen LogP contribution in [0, 0.1) is 6.92 Å². The normalized spacial score (nSPS) is 15.5. The Hall–Kier alpha value is -1.07. The van der Waals surface area contributed by atoms with Crippen LogP contribution in [0.3, 0.4) is 0 Å². The van der Waals surface area contributed by atoms with Crippen LogP contribution in [0.4, 0.5) is 43.9 Å². The molecule has 1 unspecified atom stereocenters. The molecular formula is C12H8BrF10N. The van der Waals surface area contributed by atoms with E-state index in [2.05, 4.69) is 20.9 Å². The zero-order valence-corrected chi connectivity index (χ0v) is 13.3. The van der Waals surface area contributed by atoms with E-state index in [1.54, 1.807) is 0 Å². The van der Waals surface area contributed by atoms with Gasteiger partial charge in [0, 0.05) is 0 Å². The van der Waals surface area contributed by atoms with Crippen LogP contribution >= 0.6 is 15.9 Å². The lowest BCUT2D eigenvalue weighted by molar-refractivity contribution is -0.350. The first kappa shape index (κ1) is 21.0. The molecule has 1 nitrogen and oxygen atoms in total. The van der Waals surface area contributed by atoms with E-state index in [4.69, 9.17) is 0 Å². The van der Waals surface area contributed by atoms with Crippen LogP contribution in [-0.2, 0) is 5.67 Å². The van der Waals surface area contributed by atoms with Crippen LogP contribution in [0.25, 0.3) is 0 Å². The lowest BCUT2D eigenvalue weighted by Gasteiger charge is -2.33. The van der Waals surface area contributed by atoms with Crippen LogP contribution < -0.4 is 0 Å². The van der Waals surface area contributed by atoms with Crippen molar-refractivity contribution in [3.63, 3.8) is 0 Å². The Labute approximate surface area is 137 Å². The van der Waals surface area contributed by atoms with E-state index in [0.717, 1.165) is 13.0 Å². The summed E-state index contributed by atoms with van der Waals surface area (Å²) in [5.74, 6) is -2.80. The van der Waals surface area contributed by atoms with Gasteiger partial charge < -0.3 is 0 Å². The van der Waals surface area contributed by atoms with Gasteiger partial charge in [0.05, 0.1) is 5.92 Å². The van der Waals surface area contributed by atoms with Crippen LogP contribution in [0.1, 0.15) is 29.7 Å². The molecule has 0 fully saturated rings. The Morgan fingerprint density at radius 2 is 1.33 bits per heavy atom. The van der Waals surface area contributed by atoms with Gasteiger partial charge in [-0.1, -0.05) is 0 Å². The maximum atomic E-state index is 14.2. The monoisotopic (exact) mass is 435 g/mol. The zero-order chi connectivity index (χ0) is 19.3. The first-order chi connectivity index (χ1) is 10.4. The molecule has 1 aromatic heterocycles. The van der Waals surface area contributed by atoms with Crippen molar-refractivity contribution in [2.75, 3.05) is 0 Å². The number of rotatable bonds is 2. The summed E-state index contributed by atoms with van der Waals surface area (Å²) >= 11 is 2.48. The summed E-state index contributed by atoms with van der Waals surface area (Å²) in [6, 6.07) is 0.772. The molecule has 24 heavy (non-hydrogen) atoms. The summed E-state index contributed by atoms with van der Waals surface area (Å²) in [6.45, 7) is 1.16. The SMILES string of the molecule is Cc1cc(Br)nc(C(F)(C(F)(F)F)C(F)(F)F)c1C(C)C(F)(F)F. The molecule has 0 spiro atoms. The fourth-order valence-electron chi connectivity index (χ4n) is 2.04. The van der Waals surface area contributed by atoms with Crippen molar-refractivity contribution in [3.05, 3.63) is 27.5 Å². The van der Waals surface area contributed by atoms with Crippen LogP contribution in [0.15, 0.2) is 10.7 Å². The summed E-state index contributed by atoms with van der Waals surface area (Å²) in [5.41, 5.74) is -10.6. The van der Waals surface area contributed by atoms with Crippen molar-refractivity contribution in [2.24, 2.45) is 0 Å². The zero-order valence-electron chi connectivity index (χ0n) is 11.8. The van der Waals surface area contributed by atoms with Crippen molar-refractivity contribution in [1.29, 1.82) is 0 Å². The molecule has 0 radical (unpaired) electrons. The van der Waals surface area contributed by atoms with Gasteiger partial charge in [0.1, 0.15) is 10.3 Å². The van der Waals surface area contributed by atoms with E-state index in [-0.39, 0.29) is 0 Å². The summed E-state index contributed by atoms with van der Waals surface area (Å²) in [4.78, 5) is 2.78. The van der Waals surface area contributed by atoms with E-state index < -0.39 is 51.5 Å². The quantitative estimate of drug-likeness (QED) is 0.403. The highest BCUT2D eigenvalue weighted by Gasteiger charge is 2.75. The van der Waals surface area contributed by atoms with Crippen molar-refractivity contribution in [1.82, 2.24) is 4.98 Å². The lowest BCUT2D eigenvalue weighted by atomic mass is 9.86. The molecule has 12 heteroatoms. The van der Waals surface area contributed by atoms with E-state index in [1.165, 1.54) is 0 Å². The van der Waals surface area contributed by atoms with Gasteiger partial charge in [-0.2, -0.15) is 39.5 Å². The molecule has 1 heterocycles. The van der Waals surface area contributed by atoms with E-state index in [0.29, 0.717) is 6.92 Å². The number of aromatic nitrogens is 1. The standard InChI is InChI=1S/C12H8BrF10N/c1-4-3-6(13)24-8(7(4)5(2)10(15,16)17)9(14,11(18,19)20)12(21,22)23/h3,5H,1-2H3. The molecule has 0 aliphatic heterocycles. The maximum absolute atomic E-state index is 14.2. The molecule has 0 bridgehead atoms. The minimum atomic E-state index is -6.56. The van der Waals surface area contributed by atoms with E-state index in [9.17, 15) is 43.9 Å². The van der Waals surface area contributed by atoms with Crippen molar-refractivity contribution in [3.8, 4) is 0 Å². The minimum absolute atomic E-state index is 0.328. The molecule has 0 aromatic carbocycles. The largest absolute Gasteiger partial charge is 0.437 e. The predicted octanol–water partition coefficient (Wildman–Crippen LogP) is 6.11. The van der Waals surface area contributed by atoms with E-state index in [1.807, 2.05) is 0 Å². The fourth-order valence-corrected chi connectivity index (χ4v) is 2.57. The molecule has 1 rings (SSSR count). The number of pyridine rings is 1. The molecule has 1 aromatic rings. The van der Waals surface area contributed by atoms with Crippen molar-refractivity contribution < 1.29 is 43.9 Å². The number of hydrogen-bond donors (Lipinski definition) is 0. The highest BCUT2D eigenvalue weighted by Crippen LogP contribution is 2.55. The third-order valence-electron chi connectivity index (χ3n) is 3.27. The molecule has 0 aliphatic carbocycles. The van der Waals surface area contributed by atoms with Crippen molar-refractivity contribution in [2.45, 2.75) is 44.0 Å². The highest BCUT2D eigenvalue weighted by molar-refractivity contribution is 9.10. The second kappa shape index (κ2) is 6.03. The average molecular weight is 436 g/mol. The minimum Gasteiger partial charge on any atom is -0.241 e. The Kier molecular flexibility index (Phi) is 5.27. The first-order valence-electron chi connectivity index (χ1n) is 6.01. The second-order valence-corrected chi connectivity index (χ2v) is 5.75. The van der Waals surface area contributed by atoms with E-state index >= 15 is 0 Å². The molecule has 0 saturated carbocycles. The van der Waals surface area contributed by atoms with Crippen molar-refractivity contribution >= 4 is 15.9 Å². The molecule has 1 atom stereocenters. The Balaban J connectivity index is 3.93. The molecule has 0 N–H and O–H groups in total. The van der Waals surface area contributed by atoms with Gasteiger partial charge in [-0.3, -0.25) is 0 Å². The molecule has 0 aliphatic rings. The summed E-state index contributed by atoms with van der Waals surface area (Å²) in [7, 11) is 0. The number of aryl methyl sites for hydroxylation is 1. The average Bonchev–Trinajstić information content (AvgIpc) is 2.32. The third-order valence-corrected chi connectivity index (χ3v) is 3.67. The summed E-state index contributed by atoms with van der Waals surface area (Å²) < 4.78 is 129. The van der Waals surface area contributed by atoms with Crippen LogP contribution in [0.2, 0.25) is 0 Å². The Bertz CT molecular complexity index is 602. The van der Waals surface area contributed by atoms with Gasteiger partial charge in [-0.15, -0.1) is 0 Å². The smallest absolute Gasteiger partial charge is 0.241 e. The number of halogens is 11. The fraction of sp³-hybridized carbons (Fsp3) is 0.583. The summed E-state index contributed by atoms with van der Waals surface area (Å²) in [5, 5.41) is 0. The number of nitrogens with zero attached hydrogens (tertiary/aromatic N) is 1. The number of alkyl halides is 10.